The molecular weight excluding hydrogens is 206 g/mol. The second-order valence-electron chi connectivity index (χ2n) is 4.37. The minimum Gasteiger partial charge on any atom is -0.205 e. The molecule has 0 spiro atoms. The van der Waals surface area contributed by atoms with Crippen LogP contribution >= 0.6 is 0 Å². The largest absolute Gasteiger partial charge is 0.205 e. The van der Waals surface area contributed by atoms with Crippen molar-refractivity contribution in [1.82, 2.24) is 0 Å². The van der Waals surface area contributed by atoms with Gasteiger partial charge in [0.1, 0.15) is 6.54 Å². The summed E-state index contributed by atoms with van der Waals surface area (Å²) in [4.78, 5) is 0. The van der Waals surface area contributed by atoms with Gasteiger partial charge in [-0.1, -0.05) is 35.4 Å². The van der Waals surface area contributed by atoms with E-state index in [9.17, 15) is 0 Å². The molecule has 0 radical (unpaired) electrons. The van der Waals surface area contributed by atoms with Crippen molar-refractivity contribution in [2.75, 3.05) is 0 Å². The van der Waals surface area contributed by atoms with Crippen LogP contribution < -0.4 is 4.57 Å². The van der Waals surface area contributed by atoms with Crippen LogP contribution in [0.25, 0.3) is 0 Å². The van der Waals surface area contributed by atoms with Gasteiger partial charge in [-0.25, -0.2) is 4.57 Å². The second kappa shape index (κ2) is 6.85. The zero-order valence-electron chi connectivity index (χ0n) is 11.3. The Morgan fingerprint density at radius 1 is 0.824 bits per heavy atom. The molecule has 2 aromatic rings. The van der Waals surface area contributed by atoms with Gasteiger partial charge in [0.15, 0.2) is 12.4 Å². The van der Waals surface area contributed by atoms with Gasteiger partial charge in [-0.2, -0.15) is 0 Å². The first-order valence-electron chi connectivity index (χ1n) is 6.11. The summed E-state index contributed by atoms with van der Waals surface area (Å²) in [5.41, 5.74) is 3.98. The Balaban J connectivity index is 0.000000171. The highest BCUT2D eigenvalue weighted by Crippen LogP contribution is 1.99. The summed E-state index contributed by atoms with van der Waals surface area (Å²) in [6, 6.07) is 12.7. The van der Waals surface area contributed by atoms with Gasteiger partial charge in [0.05, 0.1) is 0 Å². The van der Waals surface area contributed by atoms with Crippen LogP contribution in [-0.4, -0.2) is 0 Å². The molecule has 0 atom stereocenters. The Morgan fingerprint density at radius 3 is 1.71 bits per heavy atom. The molecule has 0 aliphatic heterocycles. The minimum absolute atomic E-state index is 1.06. The van der Waals surface area contributed by atoms with Crippen molar-refractivity contribution in [2.45, 2.75) is 34.2 Å². The quantitative estimate of drug-likeness (QED) is 0.657. The van der Waals surface area contributed by atoms with E-state index in [0.717, 1.165) is 6.54 Å². The van der Waals surface area contributed by atoms with Gasteiger partial charge in [-0.15, -0.1) is 0 Å². The fraction of sp³-hybridized carbons (Fsp3) is 0.312. The molecule has 1 heterocycles. The third-order valence-electron chi connectivity index (χ3n) is 2.59. The first-order valence-corrected chi connectivity index (χ1v) is 6.11. The molecule has 90 valence electrons. The summed E-state index contributed by atoms with van der Waals surface area (Å²) >= 11 is 0. The van der Waals surface area contributed by atoms with E-state index < -0.39 is 0 Å². The number of hydrogen-bond acceptors (Lipinski definition) is 0. The van der Waals surface area contributed by atoms with Gasteiger partial charge in [0, 0.05) is 11.6 Å². The lowest BCUT2D eigenvalue weighted by Crippen LogP contribution is -2.30. The molecule has 1 nitrogen and oxygen atoms in total. The van der Waals surface area contributed by atoms with Crippen molar-refractivity contribution in [3.8, 4) is 0 Å². The maximum atomic E-state index is 2.16. The standard InChI is InChI=1S/C8H12N.C8H10/c1-3-9-6-4-5-8(2)7-9;1-7-3-5-8(2)6-4-7/h4-7H,3H2,1-2H3;3-6H,1-2H3/q+1;. The number of nitrogens with zero attached hydrogens (tertiary/aromatic N) is 1. The number of rotatable bonds is 1. The Hall–Kier alpha value is -1.63. The van der Waals surface area contributed by atoms with Gasteiger partial charge in [0.2, 0.25) is 0 Å². The summed E-state index contributed by atoms with van der Waals surface area (Å²) in [6.07, 6.45) is 4.22. The highest BCUT2D eigenvalue weighted by molar-refractivity contribution is 5.19. The fourth-order valence-electron chi connectivity index (χ4n) is 1.49. The molecule has 0 N–H and O–H groups in total. The maximum Gasteiger partial charge on any atom is 0.171 e. The zero-order chi connectivity index (χ0) is 12.7. The highest BCUT2D eigenvalue weighted by atomic mass is 14.9. The molecule has 0 bridgehead atoms. The SMILES string of the molecule is CC[n+]1cccc(C)c1.Cc1ccc(C)cc1. The summed E-state index contributed by atoms with van der Waals surface area (Å²) in [6.45, 7) is 9.49. The number of aromatic nitrogens is 1. The molecule has 0 aliphatic carbocycles. The van der Waals surface area contributed by atoms with E-state index in [-0.39, 0.29) is 0 Å². The van der Waals surface area contributed by atoms with E-state index in [1.807, 2.05) is 0 Å². The van der Waals surface area contributed by atoms with Crippen LogP contribution in [0.1, 0.15) is 23.6 Å². The van der Waals surface area contributed by atoms with E-state index in [2.05, 4.69) is 81.1 Å². The smallest absolute Gasteiger partial charge is 0.171 e. The Labute approximate surface area is 105 Å². The second-order valence-corrected chi connectivity index (χ2v) is 4.37. The van der Waals surface area contributed by atoms with E-state index >= 15 is 0 Å². The minimum atomic E-state index is 1.06. The lowest BCUT2D eigenvalue weighted by atomic mass is 10.2. The zero-order valence-corrected chi connectivity index (χ0v) is 11.3. The van der Waals surface area contributed by atoms with Crippen LogP contribution in [0.3, 0.4) is 0 Å². The summed E-state index contributed by atoms with van der Waals surface area (Å²) < 4.78 is 2.16. The first-order chi connectivity index (χ1) is 8.11. The molecule has 0 saturated heterocycles. The summed E-state index contributed by atoms with van der Waals surface area (Å²) in [7, 11) is 0. The third-order valence-corrected chi connectivity index (χ3v) is 2.59. The predicted molar refractivity (Wildman–Crippen MR) is 73.0 cm³/mol. The monoisotopic (exact) mass is 228 g/mol. The van der Waals surface area contributed by atoms with Crippen LogP contribution in [-0.2, 0) is 6.54 Å². The maximum absolute atomic E-state index is 2.16. The van der Waals surface area contributed by atoms with Crippen LogP contribution in [0.2, 0.25) is 0 Å². The average Bonchev–Trinajstić information content (AvgIpc) is 2.34. The van der Waals surface area contributed by atoms with E-state index in [1.54, 1.807) is 0 Å². The summed E-state index contributed by atoms with van der Waals surface area (Å²) in [5, 5.41) is 0. The number of pyridine rings is 1. The van der Waals surface area contributed by atoms with Crippen molar-refractivity contribution < 1.29 is 4.57 Å². The van der Waals surface area contributed by atoms with Crippen LogP contribution in [0.4, 0.5) is 0 Å². The van der Waals surface area contributed by atoms with E-state index in [1.165, 1.54) is 16.7 Å². The number of hydrogen-bond donors (Lipinski definition) is 0. The highest BCUT2D eigenvalue weighted by Gasteiger charge is 1.92. The lowest BCUT2D eigenvalue weighted by molar-refractivity contribution is -0.693. The van der Waals surface area contributed by atoms with Gasteiger partial charge in [-0.3, -0.25) is 0 Å². The summed E-state index contributed by atoms with van der Waals surface area (Å²) in [5.74, 6) is 0. The number of benzene rings is 1. The van der Waals surface area contributed by atoms with Gasteiger partial charge in [0.25, 0.3) is 0 Å². The molecule has 0 aliphatic rings. The first kappa shape index (κ1) is 13.4. The molecule has 1 heteroatoms. The van der Waals surface area contributed by atoms with Crippen molar-refractivity contribution in [1.29, 1.82) is 0 Å². The van der Waals surface area contributed by atoms with E-state index in [0.29, 0.717) is 0 Å². The molecular formula is C16H22N+. The predicted octanol–water partition coefficient (Wildman–Crippen LogP) is 3.61. The topological polar surface area (TPSA) is 3.88 Å². The molecule has 0 fully saturated rings. The molecule has 17 heavy (non-hydrogen) atoms. The van der Waals surface area contributed by atoms with Crippen LogP contribution in [0, 0.1) is 20.8 Å². The van der Waals surface area contributed by atoms with Gasteiger partial charge < -0.3 is 0 Å². The molecule has 2 rings (SSSR count). The normalized spacial score (nSPS) is 9.41. The lowest BCUT2D eigenvalue weighted by Gasteiger charge is -1.90. The van der Waals surface area contributed by atoms with Crippen molar-refractivity contribution >= 4 is 0 Å². The average molecular weight is 228 g/mol. The molecule has 0 saturated carbocycles. The van der Waals surface area contributed by atoms with Gasteiger partial charge in [-0.05, 0) is 33.8 Å². The van der Waals surface area contributed by atoms with Crippen LogP contribution in [0.15, 0.2) is 48.8 Å². The Bertz CT molecular complexity index is 422. The van der Waals surface area contributed by atoms with Gasteiger partial charge >= 0.3 is 0 Å². The Kier molecular flexibility index (Phi) is 5.41. The molecule has 1 aromatic heterocycles. The molecule has 0 unspecified atom stereocenters. The number of aryl methyl sites for hydroxylation is 4. The van der Waals surface area contributed by atoms with E-state index in [4.69, 9.17) is 0 Å². The van der Waals surface area contributed by atoms with Crippen molar-refractivity contribution in [3.05, 3.63) is 65.5 Å². The van der Waals surface area contributed by atoms with Crippen molar-refractivity contribution in [2.24, 2.45) is 0 Å². The molecule has 0 amide bonds. The Morgan fingerprint density at radius 2 is 1.35 bits per heavy atom. The fourth-order valence-corrected chi connectivity index (χ4v) is 1.49. The van der Waals surface area contributed by atoms with Crippen molar-refractivity contribution in [3.63, 3.8) is 0 Å². The van der Waals surface area contributed by atoms with Crippen LogP contribution in [0.5, 0.6) is 0 Å². The molecule has 1 aromatic carbocycles. The third kappa shape index (κ3) is 5.30.